The van der Waals surface area contributed by atoms with Gasteiger partial charge in [-0.3, -0.25) is 4.90 Å². The molecular formula is C27H30N2O3S. The number of carboxylic acids is 1. The highest BCUT2D eigenvalue weighted by molar-refractivity contribution is 7.09. The maximum Gasteiger partial charge on any atom is 0.335 e. The second-order valence-corrected chi connectivity index (χ2v) is 11.0. The molecule has 2 amide bonds. The molecule has 1 heterocycles. The molecule has 0 saturated carbocycles. The van der Waals surface area contributed by atoms with Gasteiger partial charge < -0.3 is 10.4 Å². The number of thiophene rings is 1. The van der Waals surface area contributed by atoms with Crippen LogP contribution < -0.4 is 10.2 Å². The van der Waals surface area contributed by atoms with Crippen molar-refractivity contribution in [3.8, 4) is 0 Å². The van der Waals surface area contributed by atoms with E-state index in [1.54, 1.807) is 23.5 Å². The van der Waals surface area contributed by atoms with Gasteiger partial charge in [-0.15, -0.1) is 11.3 Å². The number of urea groups is 1. The van der Waals surface area contributed by atoms with Crippen molar-refractivity contribution in [2.24, 2.45) is 0 Å². The largest absolute Gasteiger partial charge is 0.478 e. The Labute approximate surface area is 199 Å². The quantitative estimate of drug-likeness (QED) is 0.427. The molecule has 172 valence electrons. The van der Waals surface area contributed by atoms with Gasteiger partial charge in [-0.05, 0) is 76.6 Å². The standard InChI is InChI=1S/C27H30N2O3S/c1-26(2)14-15-27(3,4)23-21(26)8-5-9-22(23)29(17-20-7-6-16-33-20)25(32)28-19-12-10-18(11-13-19)24(30)31/h5-13,16H,14-15,17H2,1-4H3,(H,28,32)(H,30,31). The summed E-state index contributed by atoms with van der Waals surface area (Å²) >= 11 is 1.62. The average Bonchev–Trinajstić information content (AvgIpc) is 3.29. The molecule has 1 aliphatic rings. The Kier molecular flexibility index (Phi) is 6.06. The number of anilines is 2. The van der Waals surface area contributed by atoms with Crippen LogP contribution in [0.3, 0.4) is 0 Å². The summed E-state index contributed by atoms with van der Waals surface area (Å²) in [6.45, 7) is 9.54. The molecule has 3 aromatic rings. The molecule has 0 fully saturated rings. The Morgan fingerprint density at radius 3 is 2.30 bits per heavy atom. The van der Waals surface area contributed by atoms with Crippen LogP contribution >= 0.6 is 11.3 Å². The third kappa shape index (κ3) is 4.67. The maximum absolute atomic E-state index is 13.6. The van der Waals surface area contributed by atoms with Gasteiger partial charge in [-0.2, -0.15) is 0 Å². The number of amides is 2. The third-order valence-corrected chi connectivity index (χ3v) is 7.50. The predicted octanol–water partition coefficient (Wildman–Crippen LogP) is 7.03. The van der Waals surface area contributed by atoms with E-state index in [0.717, 1.165) is 23.4 Å². The Bertz CT molecular complexity index is 1160. The number of carbonyl (C=O) groups excluding carboxylic acids is 1. The molecule has 0 saturated heterocycles. The summed E-state index contributed by atoms with van der Waals surface area (Å²) in [7, 11) is 0. The van der Waals surface area contributed by atoms with Gasteiger partial charge in [0.25, 0.3) is 0 Å². The molecule has 0 atom stereocenters. The predicted molar refractivity (Wildman–Crippen MR) is 135 cm³/mol. The third-order valence-electron chi connectivity index (χ3n) is 6.64. The number of fused-ring (bicyclic) bond motifs is 1. The van der Waals surface area contributed by atoms with E-state index in [4.69, 9.17) is 5.11 Å². The summed E-state index contributed by atoms with van der Waals surface area (Å²) in [6.07, 6.45) is 2.15. The molecule has 2 aromatic carbocycles. The number of hydrogen-bond acceptors (Lipinski definition) is 3. The fraction of sp³-hybridized carbons (Fsp3) is 0.333. The van der Waals surface area contributed by atoms with Crippen molar-refractivity contribution in [2.45, 2.75) is 57.9 Å². The molecule has 0 aliphatic heterocycles. The number of nitrogens with zero attached hydrogens (tertiary/aromatic N) is 1. The van der Waals surface area contributed by atoms with Crippen molar-refractivity contribution < 1.29 is 14.7 Å². The van der Waals surface area contributed by atoms with Crippen LogP contribution in [0.15, 0.2) is 60.0 Å². The Hall–Kier alpha value is -3.12. The van der Waals surface area contributed by atoms with Crippen LogP contribution in [0.1, 0.15) is 66.9 Å². The molecule has 0 bridgehead atoms. The minimum Gasteiger partial charge on any atom is -0.478 e. The van der Waals surface area contributed by atoms with E-state index in [2.05, 4.69) is 39.1 Å². The average molecular weight is 463 g/mol. The summed E-state index contributed by atoms with van der Waals surface area (Å²) in [5.74, 6) is -0.993. The fourth-order valence-electron chi connectivity index (χ4n) is 4.64. The molecule has 0 spiro atoms. The van der Waals surface area contributed by atoms with E-state index in [1.807, 2.05) is 34.5 Å². The van der Waals surface area contributed by atoms with E-state index in [1.165, 1.54) is 23.3 Å². The van der Waals surface area contributed by atoms with Crippen LogP contribution in [0, 0.1) is 0 Å². The Morgan fingerprint density at radius 1 is 0.970 bits per heavy atom. The van der Waals surface area contributed by atoms with Crippen LogP contribution in [0.5, 0.6) is 0 Å². The van der Waals surface area contributed by atoms with Crippen molar-refractivity contribution in [1.82, 2.24) is 0 Å². The van der Waals surface area contributed by atoms with Gasteiger partial charge in [0.2, 0.25) is 0 Å². The van der Waals surface area contributed by atoms with E-state index >= 15 is 0 Å². The highest BCUT2D eigenvalue weighted by Gasteiger charge is 2.40. The van der Waals surface area contributed by atoms with Crippen LogP contribution in [-0.2, 0) is 17.4 Å². The van der Waals surface area contributed by atoms with E-state index in [0.29, 0.717) is 12.2 Å². The molecular weight excluding hydrogens is 432 g/mol. The second kappa shape index (κ2) is 8.67. The smallest absolute Gasteiger partial charge is 0.335 e. The van der Waals surface area contributed by atoms with E-state index < -0.39 is 5.97 Å². The molecule has 1 aliphatic carbocycles. The number of rotatable bonds is 5. The maximum atomic E-state index is 13.6. The lowest BCUT2D eigenvalue weighted by Crippen LogP contribution is -2.40. The van der Waals surface area contributed by atoms with Crippen LogP contribution in [0.2, 0.25) is 0 Å². The van der Waals surface area contributed by atoms with E-state index in [-0.39, 0.29) is 22.4 Å². The van der Waals surface area contributed by atoms with Crippen LogP contribution in [0.25, 0.3) is 0 Å². The molecule has 5 nitrogen and oxygen atoms in total. The second-order valence-electron chi connectivity index (χ2n) is 9.95. The zero-order valence-corrected chi connectivity index (χ0v) is 20.3. The fourth-order valence-corrected chi connectivity index (χ4v) is 5.33. The SMILES string of the molecule is CC1(C)CCC(C)(C)c2c(N(Cc3cccs3)C(=O)Nc3ccc(C(=O)O)cc3)cccc21. The van der Waals surface area contributed by atoms with Crippen molar-refractivity contribution in [3.63, 3.8) is 0 Å². The zero-order valence-electron chi connectivity index (χ0n) is 19.5. The molecule has 4 rings (SSSR count). The van der Waals surface area contributed by atoms with Crippen molar-refractivity contribution >= 4 is 34.7 Å². The lowest BCUT2D eigenvalue weighted by Gasteiger charge is -2.44. The van der Waals surface area contributed by atoms with Crippen molar-refractivity contribution in [2.75, 3.05) is 10.2 Å². The molecule has 6 heteroatoms. The minimum absolute atomic E-state index is 0.0403. The molecule has 0 unspecified atom stereocenters. The lowest BCUT2D eigenvalue weighted by atomic mass is 9.62. The summed E-state index contributed by atoms with van der Waals surface area (Å²) in [5.41, 5.74) is 4.19. The molecule has 33 heavy (non-hydrogen) atoms. The zero-order chi connectivity index (χ0) is 23.8. The first-order valence-electron chi connectivity index (χ1n) is 11.2. The lowest BCUT2D eigenvalue weighted by molar-refractivity contribution is 0.0697. The normalized spacial score (nSPS) is 16.0. The highest BCUT2D eigenvalue weighted by atomic mass is 32.1. The van der Waals surface area contributed by atoms with Crippen molar-refractivity contribution in [1.29, 1.82) is 0 Å². The Balaban J connectivity index is 1.76. The number of carbonyl (C=O) groups is 2. The number of aromatic carboxylic acids is 1. The summed E-state index contributed by atoms with van der Waals surface area (Å²) in [4.78, 5) is 27.7. The number of benzene rings is 2. The molecule has 0 radical (unpaired) electrons. The van der Waals surface area contributed by atoms with Crippen LogP contribution in [-0.4, -0.2) is 17.1 Å². The monoisotopic (exact) mass is 462 g/mol. The minimum atomic E-state index is -0.993. The van der Waals surface area contributed by atoms with Gasteiger partial charge in [0.15, 0.2) is 0 Å². The number of hydrogen-bond donors (Lipinski definition) is 2. The first-order chi connectivity index (χ1) is 15.6. The van der Waals surface area contributed by atoms with Gasteiger partial charge in [0.1, 0.15) is 0 Å². The molecule has 1 aromatic heterocycles. The molecule has 2 N–H and O–H groups in total. The Morgan fingerprint density at radius 2 is 1.67 bits per heavy atom. The van der Waals surface area contributed by atoms with Crippen LogP contribution in [0.4, 0.5) is 16.2 Å². The van der Waals surface area contributed by atoms with Gasteiger partial charge in [-0.25, -0.2) is 9.59 Å². The van der Waals surface area contributed by atoms with Gasteiger partial charge in [0.05, 0.1) is 12.1 Å². The van der Waals surface area contributed by atoms with Gasteiger partial charge in [-0.1, -0.05) is 45.9 Å². The highest BCUT2D eigenvalue weighted by Crippen LogP contribution is 2.49. The first-order valence-corrected chi connectivity index (χ1v) is 12.0. The number of nitrogens with one attached hydrogen (secondary N) is 1. The summed E-state index contributed by atoms with van der Waals surface area (Å²) in [6, 6.07) is 16.3. The summed E-state index contributed by atoms with van der Waals surface area (Å²) < 4.78 is 0. The van der Waals surface area contributed by atoms with Crippen molar-refractivity contribution in [3.05, 3.63) is 81.5 Å². The van der Waals surface area contributed by atoms with Gasteiger partial charge in [0, 0.05) is 16.3 Å². The topological polar surface area (TPSA) is 69.6 Å². The van der Waals surface area contributed by atoms with E-state index in [9.17, 15) is 9.59 Å². The first kappa shape index (κ1) is 23.1. The summed E-state index contributed by atoms with van der Waals surface area (Å²) in [5, 5.41) is 14.1. The van der Waals surface area contributed by atoms with Gasteiger partial charge >= 0.3 is 12.0 Å². The number of carboxylic acid groups (broad SMARTS) is 1.